The van der Waals surface area contributed by atoms with E-state index < -0.39 is 10.0 Å². The van der Waals surface area contributed by atoms with Crippen molar-refractivity contribution in [2.45, 2.75) is 4.90 Å². The van der Waals surface area contributed by atoms with Crippen LogP contribution >= 0.6 is 27.3 Å². The van der Waals surface area contributed by atoms with Gasteiger partial charge in [-0.05, 0) is 42.0 Å². The average Bonchev–Trinajstić information content (AvgIpc) is 3.12. The lowest BCUT2D eigenvalue weighted by Crippen LogP contribution is -2.16. The zero-order valence-electron chi connectivity index (χ0n) is 14.6. The third kappa shape index (κ3) is 3.87. The Hall–Kier alpha value is -2.48. The van der Waals surface area contributed by atoms with Gasteiger partial charge in [0, 0.05) is 15.5 Å². The molecule has 0 N–H and O–H groups in total. The molecule has 0 atom stereocenters. The molecule has 28 heavy (non-hydrogen) atoms. The van der Waals surface area contributed by atoms with Gasteiger partial charge in [0.15, 0.2) is 0 Å². The van der Waals surface area contributed by atoms with Crippen LogP contribution in [-0.4, -0.2) is 13.0 Å². The van der Waals surface area contributed by atoms with E-state index in [9.17, 15) is 8.42 Å². The van der Waals surface area contributed by atoms with Crippen LogP contribution in [-0.2, 0) is 10.0 Å². The van der Waals surface area contributed by atoms with Crippen molar-refractivity contribution < 1.29 is 8.42 Å². The highest BCUT2D eigenvalue weighted by Crippen LogP contribution is 2.24. The van der Waals surface area contributed by atoms with Crippen LogP contribution in [0.1, 0.15) is 0 Å². The first-order valence-electron chi connectivity index (χ1n) is 8.42. The lowest BCUT2D eigenvalue weighted by atomic mass is 10.1. The van der Waals surface area contributed by atoms with Crippen molar-refractivity contribution in [1.82, 2.24) is 4.57 Å². The Morgan fingerprint density at radius 2 is 1.43 bits per heavy atom. The molecule has 0 saturated carbocycles. The summed E-state index contributed by atoms with van der Waals surface area (Å²) in [4.78, 5) is 0.554. The Kier molecular flexibility index (Phi) is 5.30. The number of halogens is 1. The number of hydrogen-bond donors (Lipinski definition) is 0. The van der Waals surface area contributed by atoms with Gasteiger partial charge >= 0.3 is 0 Å². The first kappa shape index (κ1) is 18.9. The van der Waals surface area contributed by atoms with Gasteiger partial charge < -0.3 is 0 Å². The molecule has 140 valence electrons. The highest BCUT2D eigenvalue weighted by atomic mass is 79.9. The summed E-state index contributed by atoms with van der Waals surface area (Å²) >= 11 is 4.62. The molecule has 0 spiro atoms. The third-order valence-corrected chi connectivity index (χ3v) is 6.85. The largest absolute Gasteiger partial charge is 0.285 e. The summed E-state index contributed by atoms with van der Waals surface area (Å²) in [6, 6.07) is 26.0. The molecule has 0 radical (unpaired) electrons. The van der Waals surface area contributed by atoms with Gasteiger partial charge in [-0.15, -0.1) is 15.7 Å². The van der Waals surface area contributed by atoms with Crippen LogP contribution in [0.5, 0.6) is 0 Å². The van der Waals surface area contributed by atoms with Crippen molar-refractivity contribution in [3.63, 3.8) is 0 Å². The van der Waals surface area contributed by atoms with E-state index in [1.54, 1.807) is 24.3 Å². The minimum Gasteiger partial charge on any atom is -0.284 e. The SMILES string of the molecule is O=S(=O)(N=c1scc(-c2ccccc2)n1-c1ccccc1)c1ccc(Br)cc1. The number of nitrogens with zero attached hydrogens (tertiary/aromatic N) is 2. The van der Waals surface area contributed by atoms with Crippen LogP contribution in [0.25, 0.3) is 16.9 Å². The zero-order chi connectivity index (χ0) is 19.6. The van der Waals surface area contributed by atoms with E-state index in [1.165, 1.54) is 11.3 Å². The number of thiazole rings is 1. The topological polar surface area (TPSA) is 51.4 Å². The van der Waals surface area contributed by atoms with E-state index >= 15 is 0 Å². The molecule has 0 unspecified atom stereocenters. The zero-order valence-corrected chi connectivity index (χ0v) is 17.8. The minimum atomic E-state index is -3.84. The Bertz CT molecular complexity index is 1260. The van der Waals surface area contributed by atoms with Crippen LogP contribution in [0.15, 0.2) is 104 Å². The van der Waals surface area contributed by atoms with Crippen molar-refractivity contribution in [3.8, 4) is 16.9 Å². The number of hydrogen-bond acceptors (Lipinski definition) is 3. The molecular weight excluding hydrogens is 456 g/mol. The molecule has 4 nitrogen and oxygen atoms in total. The number of para-hydroxylation sites is 1. The van der Waals surface area contributed by atoms with Crippen LogP contribution < -0.4 is 4.80 Å². The summed E-state index contributed by atoms with van der Waals surface area (Å²) in [6.07, 6.45) is 0. The lowest BCUT2D eigenvalue weighted by molar-refractivity contribution is 0.596. The molecule has 0 bridgehead atoms. The number of aromatic nitrogens is 1. The standard InChI is InChI=1S/C21H15BrN2O2S2/c22-17-11-13-19(14-12-17)28(25,26)23-21-24(18-9-5-2-6-10-18)20(15-27-21)16-7-3-1-4-8-16/h1-15H. The van der Waals surface area contributed by atoms with Gasteiger partial charge in [0.1, 0.15) is 0 Å². The fraction of sp³-hybridized carbons (Fsp3) is 0. The molecule has 0 saturated heterocycles. The lowest BCUT2D eigenvalue weighted by Gasteiger charge is -2.09. The summed E-state index contributed by atoms with van der Waals surface area (Å²) in [5.74, 6) is 0. The van der Waals surface area contributed by atoms with Gasteiger partial charge in [-0.1, -0.05) is 64.5 Å². The Balaban J connectivity index is 1.94. The average molecular weight is 471 g/mol. The van der Waals surface area contributed by atoms with Gasteiger partial charge in [0.2, 0.25) is 4.80 Å². The Morgan fingerprint density at radius 3 is 2.07 bits per heavy atom. The minimum absolute atomic E-state index is 0.157. The van der Waals surface area contributed by atoms with Crippen molar-refractivity contribution in [2.24, 2.45) is 4.40 Å². The Morgan fingerprint density at radius 1 is 0.821 bits per heavy atom. The molecule has 4 rings (SSSR count). The normalized spacial score (nSPS) is 12.2. The van der Waals surface area contributed by atoms with Crippen molar-refractivity contribution >= 4 is 37.3 Å². The molecular formula is C21H15BrN2O2S2. The first-order valence-corrected chi connectivity index (χ1v) is 11.5. The molecule has 0 amide bonds. The van der Waals surface area contributed by atoms with Gasteiger partial charge in [0.25, 0.3) is 10.0 Å². The van der Waals surface area contributed by atoms with Crippen molar-refractivity contribution in [1.29, 1.82) is 0 Å². The molecule has 0 aliphatic heterocycles. The molecule has 0 fully saturated rings. The van der Waals surface area contributed by atoms with E-state index in [0.717, 1.165) is 21.4 Å². The molecule has 0 aliphatic carbocycles. The highest BCUT2D eigenvalue weighted by molar-refractivity contribution is 9.10. The van der Waals surface area contributed by atoms with E-state index in [1.807, 2.05) is 70.6 Å². The van der Waals surface area contributed by atoms with E-state index in [-0.39, 0.29) is 4.90 Å². The summed E-state index contributed by atoms with van der Waals surface area (Å²) in [7, 11) is -3.84. The predicted octanol–water partition coefficient (Wildman–Crippen LogP) is 5.26. The van der Waals surface area contributed by atoms with Crippen LogP contribution in [0.4, 0.5) is 0 Å². The van der Waals surface area contributed by atoms with Crippen LogP contribution in [0.2, 0.25) is 0 Å². The Labute approximate surface area is 175 Å². The quantitative estimate of drug-likeness (QED) is 0.408. The molecule has 3 aromatic carbocycles. The first-order chi connectivity index (χ1) is 13.5. The fourth-order valence-electron chi connectivity index (χ4n) is 2.77. The van der Waals surface area contributed by atoms with Crippen molar-refractivity contribution in [2.75, 3.05) is 0 Å². The van der Waals surface area contributed by atoms with E-state index in [0.29, 0.717) is 4.80 Å². The van der Waals surface area contributed by atoms with Crippen molar-refractivity contribution in [3.05, 3.63) is 99.6 Å². The molecule has 1 heterocycles. The molecule has 4 aromatic rings. The van der Waals surface area contributed by atoms with E-state index in [2.05, 4.69) is 20.3 Å². The molecule has 0 aliphatic rings. The predicted molar refractivity (Wildman–Crippen MR) is 116 cm³/mol. The van der Waals surface area contributed by atoms with Gasteiger partial charge in [-0.25, -0.2) is 0 Å². The van der Waals surface area contributed by atoms with E-state index in [4.69, 9.17) is 0 Å². The summed E-state index contributed by atoms with van der Waals surface area (Å²) in [6.45, 7) is 0. The van der Waals surface area contributed by atoms with Gasteiger partial charge in [0.05, 0.1) is 10.6 Å². The summed E-state index contributed by atoms with van der Waals surface area (Å²) < 4.78 is 32.5. The maximum atomic E-state index is 12.9. The van der Waals surface area contributed by atoms with Crippen LogP contribution in [0, 0.1) is 0 Å². The molecule has 1 aromatic heterocycles. The molecule has 7 heteroatoms. The smallest absolute Gasteiger partial charge is 0.284 e. The second-order valence-electron chi connectivity index (χ2n) is 5.96. The maximum Gasteiger partial charge on any atom is 0.285 e. The van der Waals surface area contributed by atoms with Gasteiger partial charge in [-0.2, -0.15) is 8.42 Å². The third-order valence-electron chi connectivity index (χ3n) is 4.10. The fourth-order valence-corrected chi connectivity index (χ4v) is 5.15. The highest BCUT2D eigenvalue weighted by Gasteiger charge is 2.16. The monoisotopic (exact) mass is 470 g/mol. The second-order valence-corrected chi connectivity index (χ2v) is 9.32. The van der Waals surface area contributed by atoms with Crippen LogP contribution in [0.3, 0.4) is 0 Å². The second kappa shape index (κ2) is 7.87. The number of rotatable bonds is 4. The number of benzene rings is 3. The summed E-state index contributed by atoms with van der Waals surface area (Å²) in [5, 5.41) is 1.93. The number of sulfonamides is 1. The summed E-state index contributed by atoms with van der Waals surface area (Å²) in [5.41, 5.74) is 2.74. The maximum absolute atomic E-state index is 12.9. The van der Waals surface area contributed by atoms with Gasteiger partial charge in [-0.3, -0.25) is 4.57 Å².